The van der Waals surface area contributed by atoms with Gasteiger partial charge in [-0.05, 0) is 41.9 Å². The number of thiazole rings is 1. The van der Waals surface area contributed by atoms with Gasteiger partial charge in [-0.15, -0.1) is 11.8 Å². The molecule has 3 heterocycles. The van der Waals surface area contributed by atoms with Gasteiger partial charge in [0.25, 0.3) is 0 Å². The number of hydrogen-bond acceptors (Lipinski definition) is 6. The first kappa shape index (κ1) is 20.5. The number of carbonyl (C=O) groups is 2. The summed E-state index contributed by atoms with van der Waals surface area (Å²) in [6.45, 7) is 0. The highest BCUT2D eigenvalue weighted by atomic mass is 32.2. The lowest BCUT2D eigenvalue weighted by Gasteiger charge is -2.43. The number of anilines is 1. The van der Waals surface area contributed by atoms with E-state index in [9.17, 15) is 14.4 Å². The number of benzene rings is 2. The molecule has 2 amide bonds. The van der Waals surface area contributed by atoms with Crippen molar-refractivity contribution >= 4 is 40.6 Å². The van der Waals surface area contributed by atoms with Gasteiger partial charge in [0.05, 0.1) is 29.7 Å². The molecular formula is C26H22N2O4S2. The fraction of sp³-hybridized carbons (Fsp3) is 0.346. The van der Waals surface area contributed by atoms with Crippen molar-refractivity contribution in [1.82, 2.24) is 4.98 Å². The SMILES string of the molecule is COc1ccccc1N1C(=O)[C@@H]2[C@H]3C[C@@H]([C@@H]2C1=O)[C@@H]1[C@@H](c2ccccc2)c2sc(=O)[nH]c2S[C@H]31. The number of amides is 2. The zero-order valence-electron chi connectivity index (χ0n) is 18.3. The van der Waals surface area contributed by atoms with E-state index in [0.717, 1.165) is 16.3 Å². The number of para-hydroxylation sites is 2. The van der Waals surface area contributed by atoms with Crippen LogP contribution in [0.5, 0.6) is 5.75 Å². The maximum atomic E-state index is 13.8. The molecule has 2 aromatic carbocycles. The van der Waals surface area contributed by atoms with Crippen LogP contribution in [0.25, 0.3) is 0 Å². The normalized spacial score (nSPS) is 33.1. The maximum Gasteiger partial charge on any atom is 0.305 e. The van der Waals surface area contributed by atoms with Crippen LogP contribution in [0.15, 0.2) is 64.4 Å². The smallest absolute Gasteiger partial charge is 0.305 e. The highest BCUT2D eigenvalue weighted by Crippen LogP contribution is 2.68. The predicted molar refractivity (Wildman–Crippen MR) is 130 cm³/mol. The second-order valence-electron chi connectivity index (χ2n) is 9.55. The van der Waals surface area contributed by atoms with E-state index in [-0.39, 0.29) is 57.4 Å². The van der Waals surface area contributed by atoms with Gasteiger partial charge in [-0.25, -0.2) is 4.90 Å². The monoisotopic (exact) mass is 490 g/mol. The van der Waals surface area contributed by atoms with Crippen molar-refractivity contribution in [2.75, 3.05) is 12.0 Å². The molecule has 4 aliphatic rings. The lowest BCUT2D eigenvalue weighted by molar-refractivity contribution is -0.123. The largest absolute Gasteiger partial charge is 0.495 e. The molecule has 0 spiro atoms. The van der Waals surface area contributed by atoms with Crippen molar-refractivity contribution in [3.05, 3.63) is 74.7 Å². The van der Waals surface area contributed by atoms with Crippen LogP contribution in [0.1, 0.15) is 22.8 Å². The first-order chi connectivity index (χ1) is 16.6. The molecular weight excluding hydrogens is 468 g/mol. The van der Waals surface area contributed by atoms with Crippen molar-refractivity contribution in [1.29, 1.82) is 0 Å². The summed E-state index contributed by atoms with van der Waals surface area (Å²) in [5.74, 6) is 0.209. The summed E-state index contributed by atoms with van der Waals surface area (Å²) in [5, 5.41) is 1.14. The average molecular weight is 491 g/mol. The van der Waals surface area contributed by atoms with Crippen LogP contribution in [-0.2, 0) is 9.59 Å². The Bertz CT molecular complexity index is 1380. The molecule has 0 radical (unpaired) electrons. The Labute approximate surface area is 204 Å². The summed E-state index contributed by atoms with van der Waals surface area (Å²) >= 11 is 3.00. The number of aromatic nitrogens is 1. The second-order valence-corrected chi connectivity index (χ2v) is 11.8. The molecule has 3 fully saturated rings. The molecule has 1 saturated heterocycles. The highest BCUT2D eigenvalue weighted by Gasteiger charge is 2.69. The van der Waals surface area contributed by atoms with E-state index >= 15 is 0 Å². The quantitative estimate of drug-likeness (QED) is 0.559. The minimum Gasteiger partial charge on any atom is -0.495 e. The summed E-state index contributed by atoms with van der Waals surface area (Å²) in [6, 6.07) is 17.6. The van der Waals surface area contributed by atoms with Gasteiger partial charge in [-0.2, -0.15) is 0 Å². The Morgan fingerprint density at radius 3 is 2.41 bits per heavy atom. The number of imide groups is 1. The summed E-state index contributed by atoms with van der Waals surface area (Å²) < 4.78 is 5.48. The molecule has 7 rings (SSSR count). The third-order valence-corrected chi connectivity index (χ3v) is 10.8. The molecule has 1 N–H and O–H groups in total. The molecule has 1 aromatic heterocycles. The third kappa shape index (κ3) is 2.61. The Balaban J connectivity index is 1.33. The van der Waals surface area contributed by atoms with Gasteiger partial charge in [0.15, 0.2) is 0 Å². The summed E-state index contributed by atoms with van der Waals surface area (Å²) in [5.41, 5.74) is 1.71. The van der Waals surface area contributed by atoms with Crippen LogP contribution in [-0.4, -0.2) is 29.2 Å². The van der Waals surface area contributed by atoms with Crippen molar-refractivity contribution in [2.45, 2.75) is 22.6 Å². The number of carbonyl (C=O) groups excluding carboxylic acids is 2. The predicted octanol–water partition coefficient (Wildman–Crippen LogP) is 4.12. The zero-order valence-corrected chi connectivity index (χ0v) is 20.0. The van der Waals surface area contributed by atoms with Gasteiger partial charge >= 0.3 is 4.87 Å². The number of fused-ring (bicyclic) bond motifs is 9. The Morgan fingerprint density at radius 2 is 1.65 bits per heavy atom. The minimum atomic E-state index is -0.312. The van der Waals surface area contributed by atoms with Crippen molar-refractivity contribution in [2.24, 2.45) is 29.6 Å². The number of nitrogens with one attached hydrogen (secondary N) is 1. The van der Waals surface area contributed by atoms with Crippen LogP contribution < -0.4 is 14.5 Å². The number of methoxy groups -OCH3 is 1. The number of hydrogen-bond donors (Lipinski definition) is 1. The van der Waals surface area contributed by atoms with E-state index in [1.807, 2.05) is 30.3 Å². The molecule has 34 heavy (non-hydrogen) atoms. The lowest BCUT2D eigenvalue weighted by Crippen LogP contribution is -2.42. The summed E-state index contributed by atoms with van der Waals surface area (Å²) in [7, 11) is 1.56. The molecule has 6 nitrogen and oxygen atoms in total. The first-order valence-electron chi connectivity index (χ1n) is 11.5. The number of nitrogens with zero attached hydrogens (tertiary/aromatic N) is 1. The third-order valence-electron chi connectivity index (χ3n) is 8.21. The summed E-state index contributed by atoms with van der Waals surface area (Å²) in [4.78, 5) is 45.3. The molecule has 8 heteroatoms. The Kier molecular flexibility index (Phi) is 4.42. The number of aromatic amines is 1. The Hall–Kier alpha value is -2.84. The number of H-pyrrole nitrogens is 1. The Morgan fingerprint density at radius 1 is 0.941 bits per heavy atom. The lowest BCUT2D eigenvalue weighted by atomic mass is 9.68. The van der Waals surface area contributed by atoms with Crippen LogP contribution in [0.3, 0.4) is 0 Å². The fourth-order valence-electron chi connectivity index (χ4n) is 7.10. The van der Waals surface area contributed by atoms with Gasteiger partial charge in [-0.3, -0.25) is 14.4 Å². The van der Waals surface area contributed by atoms with Crippen LogP contribution >= 0.6 is 23.1 Å². The average Bonchev–Trinajstić information content (AvgIpc) is 3.58. The molecule has 2 bridgehead atoms. The van der Waals surface area contributed by atoms with Gasteiger partial charge in [0, 0.05) is 16.0 Å². The highest BCUT2D eigenvalue weighted by molar-refractivity contribution is 8.00. The van der Waals surface area contributed by atoms with Crippen molar-refractivity contribution in [3.8, 4) is 5.75 Å². The van der Waals surface area contributed by atoms with Gasteiger partial charge in [-0.1, -0.05) is 53.8 Å². The van der Waals surface area contributed by atoms with E-state index in [4.69, 9.17) is 4.74 Å². The molecule has 0 unspecified atom stereocenters. The standard InChI is InChI=1S/C26H22N2O4S2/c1-32-16-10-6-5-9-15(16)28-24(29)19-13-11-14(20(19)25(28)30)21-18(13)17(12-7-3-2-4-8-12)22-23(33-21)27-26(31)34-22/h2-10,13-14,17-21H,11H2,1H3,(H,27,31)/t13-,14-,17-,18-,19+,20-,21-/m1/s1. The zero-order chi connectivity index (χ0) is 23.1. The topological polar surface area (TPSA) is 79.5 Å². The van der Waals surface area contributed by atoms with Crippen LogP contribution in [0.4, 0.5) is 5.69 Å². The van der Waals surface area contributed by atoms with Gasteiger partial charge in [0.2, 0.25) is 11.8 Å². The fourth-order valence-corrected chi connectivity index (χ4v) is 9.99. The number of thioether (sulfide) groups is 1. The molecule has 172 valence electrons. The van der Waals surface area contributed by atoms with E-state index < -0.39 is 0 Å². The van der Waals surface area contributed by atoms with Crippen molar-refractivity contribution in [3.63, 3.8) is 0 Å². The maximum absolute atomic E-state index is 13.8. The summed E-state index contributed by atoms with van der Waals surface area (Å²) in [6.07, 6.45) is 0.886. The minimum absolute atomic E-state index is 0.0413. The molecule has 2 saturated carbocycles. The van der Waals surface area contributed by atoms with Crippen LogP contribution in [0.2, 0.25) is 0 Å². The molecule has 3 aromatic rings. The number of rotatable bonds is 3. The van der Waals surface area contributed by atoms with Gasteiger partial charge in [0.1, 0.15) is 5.75 Å². The first-order valence-corrected chi connectivity index (χ1v) is 13.2. The second kappa shape index (κ2) is 7.33. The molecule has 7 atom stereocenters. The van der Waals surface area contributed by atoms with E-state index in [0.29, 0.717) is 11.4 Å². The van der Waals surface area contributed by atoms with E-state index in [2.05, 4.69) is 17.1 Å². The number of ether oxygens (including phenoxy) is 1. The molecule has 2 aliphatic carbocycles. The van der Waals surface area contributed by atoms with Crippen molar-refractivity contribution < 1.29 is 14.3 Å². The molecule has 2 aliphatic heterocycles. The van der Waals surface area contributed by atoms with Crippen LogP contribution in [0, 0.1) is 29.6 Å². The van der Waals surface area contributed by atoms with E-state index in [1.54, 1.807) is 31.0 Å². The van der Waals surface area contributed by atoms with Gasteiger partial charge < -0.3 is 9.72 Å². The van der Waals surface area contributed by atoms with E-state index in [1.165, 1.54) is 21.8 Å².